The predicted octanol–water partition coefficient (Wildman–Crippen LogP) is 7.11. The standard InChI is InChI=1S/C25H21Cl2N3O3S/c1-3-14(2)32-18-8-4-15(5-9-18)23(31)30-25(34)28-17-7-11-22-21(13-17)29-24(33-22)19-12-16(26)6-10-20(19)27/h4-14H,3H2,1-2H3,(H2,28,30,31,34)/t14-/m0/s1. The van der Waals surface area contributed by atoms with E-state index in [0.717, 1.165) is 6.42 Å². The molecule has 0 radical (unpaired) electrons. The summed E-state index contributed by atoms with van der Waals surface area (Å²) in [4.78, 5) is 17.0. The number of nitrogens with one attached hydrogen (secondary N) is 2. The summed E-state index contributed by atoms with van der Waals surface area (Å²) in [6.45, 7) is 4.04. The van der Waals surface area contributed by atoms with Crippen LogP contribution in [0.25, 0.3) is 22.6 Å². The van der Waals surface area contributed by atoms with Gasteiger partial charge >= 0.3 is 0 Å². The smallest absolute Gasteiger partial charge is 0.257 e. The van der Waals surface area contributed by atoms with E-state index in [2.05, 4.69) is 22.5 Å². The molecule has 0 spiro atoms. The fraction of sp³-hybridized carbons (Fsp3) is 0.160. The SMILES string of the molecule is CC[C@H](C)Oc1ccc(C(=O)NC(=S)Nc2ccc3oc(-c4cc(Cl)ccc4Cl)nc3c2)cc1. The van der Waals surface area contributed by atoms with E-state index in [1.54, 1.807) is 60.7 Å². The zero-order valence-electron chi connectivity index (χ0n) is 18.4. The van der Waals surface area contributed by atoms with Gasteiger partial charge in [0.15, 0.2) is 10.7 Å². The number of hydrogen-bond acceptors (Lipinski definition) is 5. The summed E-state index contributed by atoms with van der Waals surface area (Å²) >= 11 is 17.6. The number of thiocarbonyl (C=S) groups is 1. The van der Waals surface area contributed by atoms with Crippen LogP contribution in [0.5, 0.6) is 5.75 Å². The first-order valence-electron chi connectivity index (χ1n) is 10.6. The largest absolute Gasteiger partial charge is 0.491 e. The summed E-state index contributed by atoms with van der Waals surface area (Å²) < 4.78 is 11.6. The van der Waals surface area contributed by atoms with Crippen molar-refractivity contribution < 1.29 is 13.9 Å². The number of amides is 1. The minimum absolute atomic E-state index is 0.108. The molecule has 1 amide bonds. The van der Waals surface area contributed by atoms with Crippen molar-refractivity contribution in [3.8, 4) is 17.2 Å². The number of nitrogens with zero attached hydrogens (tertiary/aromatic N) is 1. The molecule has 0 fully saturated rings. The third kappa shape index (κ3) is 5.67. The van der Waals surface area contributed by atoms with Gasteiger partial charge < -0.3 is 14.5 Å². The third-order valence-electron chi connectivity index (χ3n) is 5.06. The number of aromatic nitrogens is 1. The molecular weight excluding hydrogens is 493 g/mol. The van der Waals surface area contributed by atoms with Gasteiger partial charge in [-0.3, -0.25) is 10.1 Å². The second kappa shape index (κ2) is 10.4. The van der Waals surface area contributed by atoms with Crippen molar-refractivity contribution in [1.29, 1.82) is 0 Å². The summed E-state index contributed by atoms with van der Waals surface area (Å²) in [7, 11) is 0. The van der Waals surface area contributed by atoms with E-state index in [4.69, 9.17) is 44.6 Å². The zero-order valence-corrected chi connectivity index (χ0v) is 20.7. The molecule has 0 aliphatic rings. The van der Waals surface area contributed by atoms with E-state index in [1.165, 1.54) is 0 Å². The first-order chi connectivity index (χ1) is 16.3. The van der Waals surface area contributed by atoms with Gasteiger partial charge in [0.2, 0.25) is 5.89 Å². The van der Waals surface area contributed by atoms with Gasteiger partial charge in [0.1, 0.15) is 11.3 Å². The molecule has 9 heteroatoms. The van der Waals surface area contributed by atoms with E-state index >= 15 is 0 Å². The van der Waals surface area contributed by atoms with E-state index in [0.29, 0.717) is 49.6 Å². The summed E-state index contributed by atoms with van der Waals surface area (Å²) in [5, 5.41) is 6.84. The van der Waals surface area contributed by atoms with Crippen LogP contribution in [0.2, 0.25) is 10.0 Å². The Kier molecular flexibility index (Phi) is 7.36. The average molecular weight is 514 g/mol. The van der Waals surface area contributed by atoms with Gasteiger partial charge in [-0.15, -0.1) is 0 Å². The molecule has 174 valence electrons. The quantitative estimate of drug-likeness (QED) is 0.267. The van der Waals surface area contributed by atoms with Crippen LogP contribution in [0, 0.1) is 0 Å². The molecule has 1 atom stereocenters. The fourth-order valence-electron chi connectivity index (χ4n) is 3.12. The molecule has 0 unspecified atom stereocenters. The number of oxazole rings is 1. The van der Waals surface area contributed by atoms with Crippen LogP contribution in [0.1, 0.15) is 30.6 Å². The van der Waals surface area contributed by atoms with Gasteiger partial charge in [-0.2, -0.15) is 0 Å². The van der Waals surface area contributed by atoms with E-state index in [1.807, 2.05) is 6.92 Å². The molecule has 6 nitrogen and oxygen atoms in total. The molecule has 1 heterocycles. The molecule has 1 aromatic heterocycles. The molecule has 0 bridgehead atoms. The Morgan fingerprint density at radius 3 is 2.62 bits per heavy atom. The van der Waals surface area contributed by atoms with Gasteiger partial charge in [0.05, 0.1) is 16.7 Å². The first-order valence-corrected chi connectivity index (χ1v) is 11.7. The lowest BCUT2D eigenvalue weighted by atomic mass is 10.2. The number of halogens is 2. The maximum Gasteiger partial charge on any atom is 0.257 e. The van der Waals surface area contributed by atoms with Crippen molar-refractivity contribution >= 4 is 63.2 Å². The minimum atomic E-state index is -0.326. The molecule has 4 aromatic rings. The van der Waals surface area contributed by atoms with Crippen molar-refractivity contribution in [3.05, 3.63) is 76.3 Å². The van der Waals surface area contributed by atoms with Gasteiger partial charge in [-0.1, -0.05) is 30.1 Å². The van der Waals surface area contributed by atoms with Crippen LogP contribution in [0.3, 0.4) is 0 Å². The van der Waals surface area contributed by atoms with Crippen LogP contribution < -0.4 is 15.4 Å². The maximum atomic E-state index is 12.5. The molecule has 0 aliphatic carbocycles. The fourth-order valence-corrected chi connectivity index (χ4v) is 3.70. The summed E-state index contributed by atoms with van der Waals surface area (Å²) in [6.07, 6.45) is 1.01. The third-order valence-corrected chi connectivity index (χ3v) is 5.83. The van der Waals surface area contributed by atoms with Crippen LogP contribution in [0.15, 0.2) is 65.1 Å². The summed E-state index contributed by atoms with van der Waals surface area (Å²) in [5.74, 6) is 0.746. The number of anilines is 1. The number of ether oxygens (including phenoxy) is 1. The lowest BCUT2D eigenvalue weighted by molar-refractivity contribution is 0.0977. The van der Waals surface area contributed by atoms with Crippen molar-refractivity contribution in [2.75, 3.05) is 5.32 Å². The second-order valence-corrected chi connectivity index (χ2v) is 8.85. The molecule has 3 aromatic carbocycles. The normalized spacial score (nSPS) is 11.8. The van der Waals surface area contributed by atoms with E-state index < -0.39 is 0 Å². The summed E-state index contributed by atoms with van der Waals surface area (Å²) in [5.41, 5.74) is 2.89. The van der Waals surface area contributed by atoms with Crippen molar-refractivity contribution in [2.45, 2.75) is 26.4 Å². The maximum absolute atomic E-state index is 12.5. The minimum Gasteiger partial charge on any atom is -0.491 e. The molecule has 4 rings (SSSR count). The topological polar surface area (TPSA) is 76.4 Å². The number of carbonyl (C=O) groups excluding carboxylic acids is 1. The monoisotopic (exact) mass is 513 g/mol. The zero-order chi connectivity index (χ0) is 24.2. The highest BCUT2D eigenvalue weighted by Crippen LogP contribution is 2.32. The van der Waals surface area contributed by atoms with Crippen molar-refractivity contribution in [1.82, 2.24) is 10.3 Å². The second-order valence-electron chi connectivity index (χ2n) is 7.60. The van der Waals surface area contributed by atoms with Crippen molar-refractivity contribution in [2.24, 2.45) is 0 Å². The van der Waals surface area contributed by atoms with Crippen LogP contribution in [0.4, 0.5) is 5.69 Å². The van der Waals surface area contributed by atoms with Gasteiger partial charge in [-0.25, -0.2) is 4.98 Å². The Balaban J connectivity index is 1.42. The molecule has 34 heavy (non-hydrogen) atoms. The summed E-state index contributed by atoms with van der Waals surface area (Å²) in [6, 6.07) is 17.3. The van der Waals surface area contributed by atoms with Crippen molar-refractivity contribution in [3.63, 3.8) is 0 Å². The molecule has 0 saturated carbocycles. The predicted molar refractivity (Wildman–Crippen MR) is 140 cm³/mol. The number of benzene rings is 3. The Hall–Kier alpha value is -3.13. The first kappa shape index (κ1) is 24.0. The molecule has 0 saturated heterocycles. The van der Waals surface area contributed by atoms with Gasteiger partial charge in [0.25, 0.3) is 5.91 Å². The lowest BCUT2D eigenvalue weighted by Crippen LogP contribution is -2.34. The molecule has 0 aliphatic heterocycles. The Bertz CT molecular complexity index is 1360. The highest BCUT2D eigenvalue weighted by Gasteiger charge is 2.14. The lowest BCUT2D eigenvalue weighted by Gasteiger charge is -2.13. The molecular formula is C25H21Cl2N3O3S. The number of fused-ring (bicyclic) bond motifs is 1. The Morgan fingerprint density at radius 2 is 1.88 bits per heavy atom. The highest BCUT2D eigenvalue weighted by molar-refractivity contribution is 7.80. The van der Waals surface area contributed by atoms with E-state index in [-0.39, 0.29) is 17.1 Å². The van der Waals surface area contributed by atoms with Crippen LogP contribution in [-0.2, 0) is 0 Å². The van der Waals surface area contributed by atoms with E-state index in [9.17, 15) is 4.79 Å². The van der Waals surface area contributed by atoms with Gasteiger partial charge in [-0.05, 0) is 86.2 Å². The van der Waals surface area contributed by atoms with Crippen LogP contribution >= 0.6 is 35.4 Å². The number of hydrogen-bond donors (Lipinski definition) is 2. The van der Waals surface area contributed by atoms with Crippen LogP contribution in [-0.4, -0.2) is 22.1 Å². The Labute approximate surface area is 212 Å². The number of rotatable bonds is 6. The Morgan fingerprint density at radius 1 is 1.12 bits per heavy atom. The average Bonchev–Trinajstić information content (AvgIpc) is 3.24. The highest BCUT2D eigenvalue weighted by atomic mass is 35.5. The molecule has 2 N–H and O–H groups in total. The van der Waals surface area contributed by atoms with Gasteiger partial charge in [0, 0.05) is 16.3 Å². The number of carbonyl (C=O) groups is 1.